The van der Waals surface area contributed by atoms with Crippen molar-refractivity contribution in [2.24, 2.45) is 11.1 Å². The topological polar surface area (TPSA) is 108 Å². The molecule has 0 aromatic heterocycles. The molecular formula is C24H32N2O5S. The zero-order valence-electron chi connectivity index (χ0n) is 18.7. The number of benzene rings is 2. The van der Waals surface area contributed by atoms with E-state index in [-0.39, 0.29) is 36.4 Å². The Morgan fingerprint density at radius 2 is 1.72 bits per heavy atom. The maximum atomic E-state index is 13.2. The highest BCUT2D eigenvalue weighted by Gasteiger charge is 2.51. The van der Waals surface area contributed by atoms with Crippen LogP contribution < -0.4 is 15.8 Å². The first kappa shape index (κ1) is 24.2. The number of primary amides is 1. The molecule has 3 N–H and O–H groups in total. The molecule has 0 atom stereocenters. The molecule has 1 heterocycles. The van der Waals surface area contributed by atoms with Crippen molar-refractivity contribution in [2.45, 2.75) is 42.9 Å². The fraction of sp³-hybridized carbons (Fsp3) is 0.458. The van der Waals surface area contributed by atoms with Crippen LogP contribution in [0.25, 0.3) is 0 Å². The largest absolute Gasteiger partial charge is 0.493 e. The number of hydrogen-bond donors (Lipinski definition) is 2. The number of amides is 1. The highest BCUT2D eigenvalue weighted by molar-refractivity contribution is 7.93. The van der Waals surface area contributed by atoms with E-state index in [4.69, 9.17) is 15.2 Å². The lowest BCUT2D eigenvalue weighted by molar-refractivity contribution is -0.122. The van der Waals surface area contributed by atoms with Crippen LogP contribution in [0.3, 0.4) is 0 Å². The fourth-order valence-corrected chi connectivity index (χ4v) is 5.67. The zero-order valence-corrected chi connectivity index (χ0v) is 19.5. The van der Waals surface area contributed by atoms with Crippen LogP contribution in [0.2, 0.25) is 0 Å². The lowest BCUT2D eigenvalue weighted by Gasteiger charge is -2.33. The second kappa shape index (κ2) is 10.0. The number of nitrogens with one attached hydrogen (secondary N) is 1. The van der Waals surface area contributed by atoms with Gasteiger partial charge < -0.3 is 20.5 Å². The maximum Gasteiger partial charge on any atom is 0.239 e. The molecule has 3 rings (SSSR count). The monoisotopic (exact) mass is 460 g/mol. The summed E-state index contributed by atoms with van der Waals surface area (Å²) >= 11 is 0. The van der Waals surface area contributed by atoms with Crippen LogP contribution in [0, 0.1) is 5.41 Å². The van der Waals surface area contributed by atoms with Crippen molar-refractivity contribution in [1.29, 1.82) is 0 Å². The molecule has 1 fully saturated rings. The van der Waals surface area contributed by atoms with E-state index in [0.717, 1.165) is 13.1 Å². The number of nitrogens with two attached hydrogens (primary N) is 1. The number of rotatable bonds is 10. The fourth-order valence-electron chi connectivity index (χ4n) is 3.76. The van der Waals surface area contributed by atoms with Gasteiger partial charge in [0.05, 0.1) is 11.5 Å². The van der Waals surface area contributed by atoms with Crippen LogP contribution in [-0.2, 0) is 25.9 Å². The molecule has 0 unspecified atom stereocenters. The Hall–Kier alpha value is -2.42. The van der Waals surface area contributed by atoms with Gasteiger partial charge in [0.15, 0.2) is 14.6 Å². The quantitative estimate of drug-likeness (QED) is 0.564. The molecule has 0 spiro atoms. The molecule has 7 nitrogen and oxygen atoms in total. The molecule has 174 valence electrons. The molecule has 1 amide bonds. The van der Waals surface area contributed by atoms with E-state index in [9.17, 15) is 13.2 Å². The van der Waals surface area contributed by atoms with E-state index in [0.29, 0.717) is 12.4 Å². The molecule has 1 aliphatic rings. The van der Waals surface area contributed by atoms with Crippen LogP contribution in [0.15, 0.2) is 59.5 Å². The molecule has 32 heavy (non-hydrogen) atoms. The zero-order chi connectivity index (χ0) is 23.2. The van der Waals surface area contributed by atoms with Crippen LogP contribution in [-0.4, -0.2) is 45.4 Å². The van der Waals surface area contributed by atoms with Gasteiger partial charge in [-0.1, -0.05) is 44.2 Å². The second-order valence-corrected chi connectivity index (χ2v) is 11.2. The van der Waals surface area contributed by atoms with E-state index in [1.807, 2.05) is 18.2 Å². The molecule has 2 aromatic carbocycles. The van der Waals surface area contributed by atoms with Crippen LogP contribution in [0.5, 0.6) is 5.75 Å². The molecule has 1 saturated heterocycles. The van der Waals surface area contributed by atoms with Gasteiger partial charge in [-0.15, -0.1) is 0 Å². The second-order valence-electron chi connectivity index (χ2n) is 8.99. The third-order valence-corrected chi connectivity index (χ3v) is 8.33. The summed E-state index contributed by atoms with van der Waals surface area (Å²) in [6, 6.07) is 16.4. The Morgan fingerprint density at radius 3 is 2.31 bits per heavy atom. The van der Waals surface area contributed by atoms with E-state index in [1.54, 1.807) is 12.1 Å². The first-order chi connectivity index (χ1) is 15.2. The van der Waals surface area contributed by atoms with Crippen molar-refractivity contribution in [1.82, 2.24) is 5.32 Å². The minimum absolute atomic E-state index is 0.0626. The van der Waals surface area contributed by atoms with E-state index in [1.165, 1.54) is 17.7 Å². The van der Waals surface area contributed by atoms with Crippen LogP contribution in [0.4, 0.5) is 0 Å². The average molecular weight is 461 g/mol. The third-order valence-electron chi connectivity index (χ3n) is 5.80. The van der Waals surface area contributed by atoms with Gasteiger partial charge in [-0.05, 0) is 42.7 Å². The van der Waals surface area contributed by atoms with Crippen molar-refractivity contribution in [2.75, 3.05) is 26.4 Å². The lowest BCUT2D eigenvalue weighted by atomic mass is 9.94. The average Bonchev–Trinajstić information content (AvgIpc) is 2.79. The minimum Gasteiger partial charge on any atom is -0.493 e. The first-order valence-electron chi connectivity index (χ1n) is 10.8. The molecular weight excluding hydrogens is 428 g/mol. The summed E-state index contributed by atoms with van der Waals surface area (Å²) in [5, 5.41) is 3.45. The van der Waals surface area contributed by atoms with Gasteiger partial charge >= 0.3 is 0 Å². The van der Waals surface area contributed by atoms with Crippen molar-refractivity contribution in [3.05, 3.63) is 60.2 Å². The summed E-state index contributed by atoms with van der Waals surface area (Å²) in [5.41, 5.74) is 6.62. The summed E-state index contributed by atoms with van der Waals surface area (Å²) in [5.74, 6) is -0.258. The molecule has 0 saturated carbocycles. The Labute approximate surface area is 190 Å². The van der Waals surface area contributed by atoms with E-state index in [2.05, 4.69) is 31.3 Å². The summed E-state index contributed by atoms with van der Waals surface area (Å²) in [7, 11) is -3.94. The van der Waals surface area contributed by atoms with Crippen molar-refractivity contribution >= 4 is 15.7 Å². The molecule has 1 aliphatic heterocycles. The van der Waals surface area contributed by atoms with E-state index < -0.39 is 20.5 Å². The Bertz CT molecular complexity index is 998. The molecule has 8 heteroatoms. The summed E-state index contributed by atoms with van der Waals surface area (Å²) in [6.45, 7) is 6.59. The van der Waals surface area contributed by atoms with Gasteiger partial charge in [0.25, 0.3) is 0 Å². The molecule has 2 aromatic rings. The van der Waals surface area contributed by atoms with Crippen molar-refractivity contribution < 1.29 is 22.7 Å². The smallest absolute Gasteiger partial charge is 0.239 e. The summed E-state index contributed by atoms with van der Waals surface area (Å²) in [4.78, 5) is 12.2. The summed E-state index contributed by atoms with van der Waals surface area (Å²) in [6.07, 6.45) is 0.125. The number of hydrogen-bond acceptors (Lipinski definition) is 6. The number of sulfone groups is 1. The Kier molecular flexibility index (Phi) is 7.59. The SMILES string of the molecule is CC(C)(CNCc1ccccc1)COc1ccc(S(=O)(=O)C2(C(N)=O)CCOCC2)cc1. The highest BCUT2D eigenvalue weighted by Crippen LogP contribution is 2.35. The predicted molar refractivity (Wildman–Crippen MR) is 123 cm³/mol. The third kappa shape index (κ3) is 5.49. The molecule has 0 radical (unpaired) electrons. The maximum absolute atomic E-state index is 13.2. The standard InChI is InChI=1S/C24H32N2O5S/c1-23(2,17-26-16-19-6-4-3-5-7-19)18-31-20-8-10-21(11-9-20)32(28,29)24(22(25)27)12-14-30-15-13-24/h3-11,26H,12-18H2,1-2H3,(H2,25,27). The van der Waals surface area contributed by atoms with Crippen molar-refractivity contribution in [3.8, 4) is 5.75 Å². The van der Waals surface area contributed by atoms with Gasteiger partial charge in [-0.25, -0.2) is 8.42 Å². The van der Waals surface area contributed by atoms with Crippen LogP contribution >= 0.6 is 0 Å². The van der Waals surface area contributed by atoms with Gasteiger partial charge in [-0.2, -0.15) is 0 Å². The number of carbonyl (C=O) groups excluding carboxylic acids is 1. The Morgan fingerprint density at radius 1 is 1.09 bits per heavy atom. The van der Waals surface area contributed by atoms with Gasteiger partial charge in [0.1, 0.15) is 5.75 Å². The molecule has 0 bridgehead atoms. The van der Waals surface area contributed by atoms with Crippen LogP contribution in [0.1, 0.15) is 32.3 Å². The van der Waals surface area contributed by atoms with E-state index >= 15 is 0 Å². The Balaban J connectivity index is 1.59. The lowest BCUT2D eigenvalue weighted by Crippen LogP contribution is -2.53. The van der Waals surface area contributed by atoms with Gasteiger partial charge in [-0.3, -0.25) is 4.79 Å². The first-order valence-corrected chi connectivity index (χ1v) is 12.2. The molecule has 0 aliphatic carbocycles. The number of ether oxygens (including phenoxy) is 2. The van der Waals surface area contributed by atoms with Gasteiger partial charge in [0.2, 0.25) is 5.91 Å². The number of carbonyl (C=O) groups is 1. The van der Waals surface area contributed by atoms with Gasteiger partial charge in [0, 0.05) is 31.7 Å². The summed E-state index contributed by atoms with van der Waals surface area (Å²) < 4.78 is 36.0. The predicted octanol–water partition coefficient (Wildman–Crippen LogP) is 2.69. The minimum atomic E-state index is -3.94. The van der Waals surface area contributed by atoms with Crippen molar-refractivity contribution in [3.63, 3.8) is 0 Å². The normalized spacial score (nSPS) is 16.4. The highest BCUT2D eigenvalue weighted by atomic mass is 32.2.